The second-order valence-electron chi connectivity index (χ2n) is 5.50. The van der Waals surface area contributed by atoms with E-state index in [2.05, 4.69) is 9.97 Å². The lowest BCUT2D eigenvalue weighted by atomic mass is 9.99. The molecule has 1 aromatic heterocycles. The molecule has 0 radical (unpaired) electrons. The first kappa shape index (κ1) is 16.5. The number of hydrogen-bond donors (Lipinski definition) is 3. The predicted molar refractivity (Wildman–Crippen MR) is 82.6 cm³/mol. The maximum absolute atomic E-state index is 12.1. The van der Waals surface area contributed by atoms with Gasteiger partial charge in [0.25, 0.3) is 0 Å². The van der Waals surface area contributed by atoms with Crippen molar-refractivity contribution >= 4 is 23.6 Å². The Kier molecular flexibility index (Phi) is 4.39. The van der Waals surface area contributed by atoms with E-state index in [4.69, 9.17) is 21.3 Å². The normalized spacial score (nSPS) is 19.4. The zero-order chi connectivity index (χ0) is 17.2. The van der Waals surface area contributed by atoms with Crippen molar-refractivity contribution < 1.29 is 19.4 Å². The topological polar surface area (TPSA) is 145 Å². The highest BCUT2D eigenvalue weighted by Gasteiger charge is 2.39. The number of nitrogens with zero attached hydrogens (tertiary/aromatic N) is 3. The molecule has 9 heteroatoms. The Labute approximate surface area is 132 Å². The number of amides is 1. The molecule has 1 atom stereocenters. The van der Waals surface area contributed by atoms with Gasteiger partial charge in [-0.05, 0) is 13.8 Å². The van der Waals surface area contributed by atoms with Crippen LogP contribution in [0.4, 0.5) is 11.8 Å². The van der Waals surface area contributed by atoms with Gasteiger partial charge in [-0.2, -0.15) is 9.97 Å². The number of nitrogen functional groups attached to an aromatic ring is 2. The molecule has 0 unspecified atom stereocenters. The number of carboxylic acids is 1. The van der Waals surface area contributed by atoms with E-state index < -0.39 is 17.5 Å². The highest BCUT2D eigenvalue weighted by molar-refractivity contribution is 5.93. The van der Waals surface area contributed by atoms with Crippen molar-refractivity contribution in [2.45, 2.75) is 25.9 Å². The maximum Gasteiger partial charge on any atom is 0.328 e. The number of rotatable bonds is 5. The SMILES string of the molecule is CCN(C[C@]1(C)Cc2c(N)nc(N)nc2O1)C(=O)/C=C/C(=O)O. The maximum atomic E-state index is 12.1. The first-order chi connectivity index (χ1) is 10.7. The van der Waals surface area contributed by atoms with Crippen molar-refractivity contribution in [3.8, 4) is 5.88 Å². The zero-order valence-electron chi connectivity index (χ0n) is 12.9. The van der Waals surface area contributed by atoms with Gasteiger partial charge in [0.15, 0.2) is 0 Å². The van der Waals surface area contributed by atoms with Crippen LogP contribution in [0.1, 0.15) is 19.4 Å². The molecule has 0 aliphatic carbocycles. The third-order valence-corrected chi connectivity index (χ3v) is 3.50. The summed E-state index contributed by atoms with van der Waals surface area (Å²) in [4.78, 5) is 32.0. The highest BCUT2D eigenvalue weighted by Crippen LogP contribution is 2.37. The van der Waals surface area contributed by atoms with Crippen molar-refractivity contribution in [3.63, 3.8) is 0 Å². The van der Waals surface area contributed by atoms with E-state index in [1.807, 2.05) is 6.92 Å². The summed E-state index contributed by atoms with van der Waals surface area (Å²) in [7, 11) is 0. The second-order valence-corrected chi connectivity index (χ2v) is 5.50. The van der Waals surface area contributed by atoms with E-state index in [-0.39, 0.29) is 18.3 Å². The molecule has 2 rings (SSSR count). The summed E-state index contributed by atoms with van der Waals surface area (Å²) in [5.74, 6) is -0.977. The molecule has 124 valence electrons. The van der Waals surface area contributed by atoms with Crippen LogP contribution in [0, 0.1) is 0 Å². The van der Waals surface area contributed by atoms with Crippen molar-refractivity contribution in [1.29, 1.82) is 0 Å². The Balaban J connectivity index is 2.14. The lowest BCUT2D eigenvalue weighted by Gasteiger charge is -2.30. The standard InChI is InChI=1S/C14H19N5O4/c1-3-19(9(20)4-5-10(21)22)7-14(2)6-8-11(15)17-13(16)18-12(8)23-14/h4-5H,3,6-7H2,1-2H3,(H,21,22)(H4,15,16,17,18)/b5-4+/t14-/m0/s1. The number of hydrogen-bond acceptors (Lipinski definition) is 7. The zero-order valence-corrected chi connectivity index (χ0v) is 12.9. The van der Waals surface area contributed by atoms with E-state index in [9.17, 15) is 9.59 Å². The number of carboxylic acid groups (broad SMARTS) is 1. The third kappa shape index (κ3) is 3.68. The fourth-order valence-electron chi connectivity index (χ4n) is 2.48. The van der Waals surface area contributed by atoms with Crippen LogP contribution >= 0.6 is 0 Å². The van der Waals surface area contributed by atoms with Crippen LogP contribution < -0.4 is 16.2 Å². The average molecular weight is 321 g/mol. The Morgan fingerprint density at radius 2 is 2.09 bits per heavy atom. The quantitative estimate of drug-likeness (QED) is 0.633. The molecule has 23 heavy (non-hydrogen) atoms. The van der Waals surface area contributed by atoms with Gasteiger partial charge in [-0.3, -0.25) is 4.79 Å². The number of likely N-dealkylation sites (N-methyl/N-ethyl adjacent to an activating group) is 1. The molecule has 1 aromatic rings. The van der Waals surface area contributed by atoms with Crippen LogP contribution in [-0.4, -0.2) is 50.5 Å². The summed E-state index contributed by atoms with van der Waals surface area (Å²) < 4.78 is 5.82. The lowest BCUT2D eigenvalue weighted by molar-refractivity contribution is -0.132. The molecule has 0 aromatic carbocycles. The smallest absolute Gasteiger partial charge is 0.328 e. The molecule has 1 aliphatic heterocycles. The van der Waals surface area contributed by atoms with Crippen molar-refractivity contribution in [1.82, 2.24) is 14.9 Å². The van der Waals surface area contributed by atoms with Crippen LogP contribution in [0.25, 0.3) is 0 Å². The fraction of sp³-hybridized carbons (Fsp3) is 0.429. The van der Waals surface area contributed by atoms with Gasteiger partial charge in [-0.1, -0.05) is 0 Å². The Morgan fingerprint density at radius 3 is 2.70 bits per heavy atom. The number of fused-ring (bicyclic) bond motifs is 1. The average Bonchev–Trinajstić information content (AvgIpc) is 2.79. The largest absolute Gasteiger partial charge is 0.478 e. The lowest BCUT2D eigenvalue weighted by Crippen LogP contribution is -2.46. The molecule has 0 bridgehead atoms. The molecule has 1 aliphatic rings. The summed E-state index contributed by atoms with van der Waals surface area (Å²) in [6.45, 7) is 4.27. The van der Waals surface area contributed by atoms with Crippen LogP contribution in [0.2, 0.25) is 0 Å². The Bertz CT molecular complexity index is 675. The number of anilines is 2. The van der Waals surface area contributed by atoms with Gasteiger partial charge in [0.1, 0.15) is 11.4 Å². The van der Waals surface area contributed by atoms with E-state index >= 15 is 0 Å². The Hall–Kier alpha value is -2.84. The molecule has 9 nitrogen and oxygen atoms in total. The molecule has 0 fully saturated rings. The van der Waals surface area contributed by atoms with E-state index in [1.54, 1.807) is 6.92 Å². The highest BCUT2D eigenvalue weighted by atomic mass is 16.5. The molecule has 0 spiro atoms. The molecule has 0 saturated carbocycles. The van der Waals surface area contributed by atoms with Crippen LogP contribution in [0.5, 0.6) is 5.88 Å². The summed E-state index contributed by atoms with van der Waals surface area (Å²) in [5.41, 5.74) is 11.3. The Morgan fingerprint density at radius 1 is 1.39 bits per heavy atom. The summed E-state index contributed by atoms with van der Waals surface area (Å²) >= 11 is 0. The van der Waals surface area contributed by atoms with E-state index in [1.165, 1.54) is 4.90 Å². The minimum Gasteiger partial charge on any atom is -0.478 e. The number of carbonyl (C=O) groups is 2. The number of nitrogens with two attached hydrogens (primary N) is 2. The van der Waals surface area contributed by atoms with Crippen molar-refractivity contribution in [3.05, 3.63) is 17.7 Å². The number of carbonyl (C=O) groups excluding carboxylic acids is 1. The second kappa shape index (κ2) is 6.11. The van der Waals surface area contributed by atoms with Gasteiger partial charge in [-0.15, -0.1) is 0 Å². The third-order valence-electron chi connectivity index (χ3n) is 3.50. The van der Waals surface area contributed by atoms with Gasteiger partial charge in [0, 0.05) is 25.1 Å². The molecule has 0 saturated heterocycles. The van der Waals surface area contributed by atoms with Crippen LogP contribution in [0.15, 0.2) is 12.2 Å². The minimum atomic E-state index is -1.18. The number of aliphatic carboxylic acids is 1. The first-order valence-corrected chi connectivity index (χ1v) is 7.05. The van der Waals surface area contributed by atoms with Crippen LogP contribution in [-0.2, 0) is 16.0 Å². The van der Waals surface area contributed by atoms with E-state index in [0.717, 1.165) is 12.2 Å². The van der Waals surface area contributed by atoms with Gasteiger partial charge >= 0.3 is 5.97 Å². The molecule has 2 heterocycles. The molecular weight excluding hydrogens is 302 g/mol. The van der Waals surface area contributed by atoms with Gasteiger partial charge in [0.2, 0.25) is 17.7 Å². The minimum absolute atomic E-state index is 0.0262. The van der Waals surface area contributed by atoms with Crippen molar-refractivity contribution in [2.75, 3.05) is 24.6 Å². The van der Waals surface area contributed by atoms with Gasteiger partial charge in [-0.25, -0.2) is 4.79 Å². The first-order valence-electron chi connectivity index (χ1n) is 7.05. The summed E-state index contributed by atoms with van der Waals surface area (Å²) in [6, 6.07) is 0. The molecule has 5 N–H and O–H groups in total. The summed E-state index contributed by atoms with van der Waals surface area (Å²) in [5, 5.41) is 8.60. The number of ether oxygens (including phenoxy) is 1. The number of aromatic nitrogens is 2. The van der Waals surface area contributed by atoms with Gasteiger partial charge in [0.05, 0.1) is 12.1 Å². The van der Waals surface area contributed by atoms with Crippen molar-refractivity contribution in [2.24, 2.45) is 0 Å². The van der Waals surface area contributed by atoms with Gasteiger partial charge < -0.3 is 26.2 Å². The monoisotopic (exact) mass is 321 g/mol. The predicted octanol–water partition coefficient (Wildman–Crippen LogP) is -0.176. The fourth-order valence-corrected chi connectivity index (χ4v) is 2.48. The molecule has 1 amide bonds. The molecular formula is C14H19N5O4. The summed E-state index contributed by atoms with van der Waals surface area (Å²) in [6.07, 6.45) is 2.26. The van der Waals surface area contributed by atoms with E-state index in [0.29, 0.717) is 24.4 Å². The van der Waals surface area contributed by atoms with Crippen LogP contribution in [0.3, 0.4) is 0 Å².